The molecular weight excluding hydrogens is 557 g/mol. The second kappa shape index (κ2) is 12.1. The van der Waals surface area contributed by atoms with Crippen LogP contribution >= 0.6 is 11.6 Å². The van der Waals surface area contributed by atoms with Gasteiger partial charge in [-0.1, -0.05) is 42.4 Å². The Bertz CT molecular complexity index is 1550. The van der Waals surface area contributed by atoms with Gasteiger partial charge in [-0.15, -0.1) is 0 Å². The van der Waals surface area contributed by atoms with E-state index in [4.69, 9.17) is 26.3 Å². The van der Waals surface area contributed by atoms with E-state index in [2.05, 4.69) is 46.0 Å². The van der Waals surface area contributed by atoms with Crippen molar-refractivity contribution in [2.45, 2.75) is 44.3 Å². The Morgan fingerprint density at radius 1 is 1.19 bits per heavy atom. The maximum atomic E-state index is 13.8. The zero-order chi connectivity index (χ0) is 29.2. The number of hydrogen-bond donors (Lipinski definition) is 1. The monoisotopic (exact) mass is 589 g/mol. The molecule has 0 spiro atoms. The predicted molar refractivity (Wildman–Crippen MR) is 160 cm³/mol. The molecule has 2 fully saturated rings. The number of anilines is 2. The number of aromatic nitrogens is 2. The van der Waals surface area contributed by atoms with Crippen LogP contribution in [-0.4, -0.2) is 72.2 Å². The second-order valence-electron chi connectivity index (χ2n) is 11.0. The van der Waals surface area contributed by atoms with E-state index in [1.807, 2.05) is 18.2 Å². The summed E-state index contributed by atoms with van der Waals surface area (Å²) in [5.41, 5.74) is 2.95. The van der Waals surface area contributed by atoms with Crippen LogP contribution in [0.4, 0.5) is 15.9 Å². The molecule has 0 aliphatic carbocycles. The predicted octanol–water partition coefficient (Wildman–Crippen LogP) is 4.39. The number of benzene rings is 2. The Balaban J connectivity index is 1.33. The zero-order valence-electron chi connectivity index (χ0n) is 23.4. The molecule has 4 heterocycles. The molecule has 2 aromatic carbocycles. The molecule has 0 radical (unpaired) electrons. The quantitative estimate of drug-likeness (QED) is 0.405. The first-order valence-corrected chi connectivity index (χ1v) is 14.8. The molecule has 42 heavy (non-hydrogen) atoms. The molecule has 11 heteroatoms. The standard InChI is InChI=1S/C31H33ClFN7O2/c1-20(33)30(41)40-16-15-39(17-23(40)10-12-34)29-24-11-14-38(27-9-3-6-21-5-2-8-25(32)28(21)27)18-26(24)36-31(37-29)42-19-22-7-4-13-35-22/h2-3,5-6,8-9,22-23,35H,1,4,7,10-11,13-19H2/t22-,23-/m0/s1. The lowest BCUT2D eigenvalue weighted by Gasteiger charge is -2.42. The van der Waals surface area contributed by atoms with E-state index in [1.165, 1.54) is 4.90 Å². The van der Waals surface area contributed by atoms with Crippen LogP contribution < -0.4 is 19.9 Å². The molecule has 3 aliphatic heterocycles. The largest absolute Gasteiger partial charge is 0.462 e. The van der Waals surface area contributed by atoms with Crippen LogP contribution in [0.1, 0.15) is 30.5 Å². The van der Waals surface area contributed by atoms with Gasteiger partial charge in [0.2, 0.25) is 0 Å². The number of hydrogen-bond acceptors (Lipinski definition) is 8. The summed E-state index contributed by atoms with van der Waals surface area (Å²) < 4.78 is 19.9. The number of carbonyl (C=O) groups excluding carboxylic acids is 1. The average Bonchev–Trinajstić information content (AvgIpc) is 3.53. The summed E-state index contributed by atoms with van der Waals surface area (Å²) in [4.78, 5) is 28.0. The van der Waals surface area contributed by atoms with E-state index < -0.39 is 17.8 Å². The van der Waals surface area contributed by atoms with Crippen LogP contribution in [0.25, 0.3) is 10.8 Å². The zero-order valence-corrected chi connectivity index (χ0v) is 24.1. The maximum Gasteiger partial charge on any atom is 0.318 e. The number of ether oxygens (including phenoxy) is 1. The lowest BCUT2D eigenvalue weighted by molar-refractivity contribution is -0.131. The lowest BCUT2D eigenvalue weighted by atomic mass is 10.0. The summed E-state index contributed by atoms with van der Waals surface area (Å²) in [6.07, 6.45) is 2.93. The summed E-state index contributed by atoms with van der Waals surface area (Å²) in [6.45, 7) is 6.95. The third kappa shape index (κ3) is 5.59. The highest BCUT2D eigenvalue weighted by Crippen LogP contribution is 2.37. The van der Waals surface area contributed by atoms with Crippen LogP contribution in [0, 0.1) is 11.3 Å². The van der Waals surface area contributed by atoms with Gasteiger partial charge in [0.15, 0.2) is 5.83 Å². The highest BCUT2D eigenvalue weighted by molar-refractivity contribution is 6.36. The van der Waals surface area contributed by atoms with Crippen molar-refractivity contribution in [1.82, 2.24) is 20.2 Å². The molecule has 218 valence electrons. The topological polar surface area (TPSA) is 97.6 Å². The van der Waals surface area contributed by atoms with Crippen molar-refractivity contribution in [2.75, 3.05) is 49.1 Å². The van der Waals surface area contributed by atoms with Gasteiger partial charge in [0.25, 0.3) is 5.91 Å². The molecule has 1 amide bonds. The fraction of sp³-hybridized carbons (Fsp3) is 0.419. The van der Waals surface area contributed by atoms with Crippen LogP contribution in [0.5, 0.6) is 6.01 Å². The SMILES string of the molecule is C=C(F)C(=O)N1CCN(c2nc(OC[C@@H]3CCCN3)nc3c2CCN(c2cccc4cccc(Cl)c24)C3)C[C@@H]1CC#N. The number of rotatable bonds is 7. The highest BCUT2D eigenvalue weighted by Gasteiger charge is 2.35. The summed E-state index contributed by atoms with van der Waals surface area (Å²) in [6, 6.07) is 14.3. The Kier molecular flexibility index (Phi) is 8.13. The molecule has 2 saturated heterocycles. The lowest BCUT2D eigenvalue weighted by Crippen LogP contribution is -2.55. The number of carbonyl (C=O) groups is 1. The first-order chi connectivity index (χ1) is 20.4. The molecule has 6 rings (SSSR count). The minimum Gasteiger partial charge on any atom is -0.462 e. The molecule has 0 saturated carbocycles. The van der Waals surface area contributed by atoms with E-state index >= 15 is 0 Å². The van der Waals surface area contributed by atoms with Crippen LogP contribution in [-0.2, 0) is 17.8 Å². The van der Waals surface area contributed by atoms with Crippen molar-refractivity contribution in [1.29, 1.82) is 5.26 Å². The molecule has 0 bridgehead atoms. The fourth-order valence-electron chi connectivity index (χ4n) is 6.29. The number of piperazine rings is 1. The van der Waals surface area contributed by atoms with Crippen molar-refractivity contribution < 1.29 is 13.9 Å². The fourth-order valence-corrected chi connectivity index (χ4v) is 6.56. The first-order valence-electron chi connectivity index (χ1n) is 14.4. The Labute approximate surface area is 249 Å². The molecule has 3 aromatic rings. The number of nitriles is 1. The summed E-state index contributed by atoms with van der Waals surface area (Å²) in [7, 11) is 0. The minimum atomic E-state index is -1.02. The third-order valence-electron chi connectivity index (χ3n) is 8.37. The summed E-state index contributed by atoms with van der Waals surface area (Å²) >= 11 is 6.67. The number of nitrogens with zero attached hydrogens (tertiary/aromatic N) is 6. The van der Waals surface area contributed by atoms with E-state index in [9.17, 15) is 14.4 Å². The Morgan fingerprint density at radius 3 is 2.79 bits per heavy atom. The van der Waals surface area contributed by atoms with Gasteiger partial charge in [0.1, 0.15) is 12.4 Å². The second-order valence-corrected chi connectivity index (χ2v) is 11.4. The van der Waals surface area contributed by atoms with Crippen molar-refractivity contribution in [3.05, 3.63) is 65.1 Å². The maximum absolute atomic E-state index is 13.8. The van der Waals surface area contributed by atoms with E-state index in [0.29, 0.717) is 43.7 Å². The van der Waals surface area contributed by atoms with Crippen molar-refractivity contribution >= 4 is 39.8 Å². The van der Waals surface area contributed by atoms with Crippen LogP contribution in [0.3, 0.4) is 0 Å². The van der Waals surface area contributed by atoms with Gasteiger partial charge in [-0.2, -0.15) is 15.2 Å². The van der Waals surface area contributed by atoms with Gasteiger partial charge in [-0.3, -0.25) is 4.79 Å². The smallest absolute Gasteiger partial charge is 0.318 e. The van der Waals surface area contributed by atoms with E-state index in [0.717, 1.165) is 59.5 Å². The first kappa shape index (κ1) is 28.2. The normalized spacial score (nSPS) is 20.4. The van der Waals surface area contributed by atoms with Crippen molar-refractivity contribution in [3.8, 4) is 12.1 Å². The Morgan fingerprint density at radius 2 is 2.02 bits per heavy atom. The van der Waals surface area contributed by atoms with Gasteiger partial charge < -0.3 is 24.8 Å². The van der Waals surface area contributed by atoms with Gasteiger partial charge in [-0.25, -0.2) is 4.39 Å². The van der Waals surface area contributed by atoms with Gasteiger partial charge in [-0.05, 0) is 43.3 Å². The number of nitrogens with one attached hydrogen (secondary N) is 1. The van der Waals surface area contributed by atoms with E-state index in [-0.39, 0.29) is 19.0 Å². The van der Waals surface area contributed by atoms with Crippen LogP contribution in [0.2, 0.25) is 5.02 Å². The third-order valence-corrected chi connectivity index (χ3v) is 8.69. The molecule has 9 nitrogen and oxygen atoms in total. The molecule has 0 unspecified atom stereocenters. The summed E-state index contributed by atoms with van der Waals surface area (Å²) in [5.74, 6) is -1.04. The molecular formula is C31H33ClFN7O2. The minimum absolute atomic E-state index is 0.0785. The molecule has 1 aromatic heterocycles. The van der Waals surface area contributed by atoms with E-state index in [1.54, 1.807) is 0 Å². The Hall–Kier alpha value is -3.94. The van der Waals surface area contributed by atoms with Gasteiger partial charge in [0, 0.05) is 48.9 Å². The number of halogens is 2. The average molecular weight is 590 g/mol. The van der Waals surface area contributed by atoms with Crippen molar-refractivity contribution in [2.24, 2.45) is 0 Å². The molecule has 3 aliphatic rings. The van der Waals surface area contributed by atoms with Gasteiger partial charge in [0.05, 0.1) is 35.8 Å². The van der Waals surface area contributed by atoms with Gasteiger partial charge >= 0.3 is 6.01 Å². The number of fused-ring (bicyclic) bond motifs is 2. The van der Waals surface area contributed by atoms with Crippen molar-refractivity contribution in [3.63, 3.8) is 0 Å². The molecule has 1 N–H and O–H groups in total. The highest BCUT2D eigenvalue weighted by atomic mass is 35.5. The summed E-state index contributed by atoms with van der Waals surface area (Å²) in [5, 5.41) is 15.7. The molecule has 2 atom stereocenters. The number of amides is 1. The van der Waals surface area contributed by atoms with Crippen LogP contribution in [0.15, 0.2) is 48.8 Å².